The molecule has 2 aliphatic rings. The third kappa shape index (κ3) is 4.83. The summed E-state index contributed by atoms with van der Waals surface area (Å²) in [5.41, 5.74) is 2.97. The number of hydrazine groups is 1. The predicted molar refractivity (Wildman–Crippen MR) is 95.1 cm³/mol. The van der Waals surface area contributed by atoms with Crippen LogP contribution in [0.3, 0.4) is 0 Å². The lowest BCUT2D eigenvalue weighted by atomic mass is 9.92. The van der Waals surface area contributed by atoms with Gasteiger partial charge < -0.3 is 4.98 Å². The Labute approximate surface area is 157 Å². The van der Waals surface area contributed by atoms with Crippen molar-refractivity contribution in [2.24, 2.45) is 11.8 Å². The molecule has 27 heavy (non-hydrogen) atoms. The molecule has 1 aliphatic carbocycles. The summed E-state index contributed by atoms with van der Waals surface area (Å²) in [6.07, 6.45) is 8.86. The molecule has 148 valence electrons. The van der Waals surface area contributed by atoms with Crippen LogP contribution in [0, 0.1) is 11.8 Å². The zero-order chi connectivity index (χ0) is 19.2. The molecular weight excluding hydrogens is 352 g/mol. The molecule has 1 aromatic heterocycles. The van der Waals surface area contributed by atoms with Crippen molar-refractivity contribution in [1.82, 2.24) is 25.5 Å². The fraction of sp³-hybridized carbons (Fsp3) is 0.647. The average molecular weight is 378 g/mol. The number of amides is 3. The molecule has 2 heterocycles. The van der Waals surface area contributed by atoms with Crippen LogP contribution < -0.4 is 10.7 Å². The number of rotatable bonds is 8. The van der Waals surface area contributed by atoms with Gasteiger partial charge in [-0.2, -0.15) is 0 Å². The Morgan fingerprint density at radius 3 is 2.85 bits per heavy atom. The molecular formula is C17H26N6O4. The first-order chi connectivity index (χ1) is 13.1. The maximum absolute atomic E-state index is 13.1. The first kappa shape index (κ1) is 19.3. The lowest BCUT2D eigenvalue weighted by Gasteiger charge is -2.29. The molecule has 3 rings (SSSR count). The number of anilines is 1. The Morgan fingerprint density at radius 2 is 2.19 bits per heavy atom. The zero-order valence-corrected chi connectivity index (χ0v) is 15.1. The van der Waals surface area contributed by atoms with Gasteiger partial charge in [-0.05, 0) is 18.8 Å². The molecule has 10 nitrogen and oxygen atoms in total. The first-order valence-corrected chi connectivity index (χ1v) is 9.36. The maximum atomic E-state index is 13.1. The molecule has 0 bridgehead atoms. The Hall–Kier alpha value is -2.46. The van der Waals surface area contributed by atoms with Gasteiger partial charge in [0, 0.05) is 18.9 Å². The standard InChI is InChI=1S/C17H26N6O4/c24-11-22(27)10-13(9-12-3-1-2-4-12)16(26)23-14(5-6-20-23)15(25)21-17-18-7-8-19-17/h7-8,11-14,20,27H,1-6,9-10H2,(H2,18,19,21,25). The smallest absolute Gasteiger partial charge is 0.251 e. The number of aromatic nitrogens is 2. The second kappa shape index (κ2) is 8.96. The minimum atomic E-state index is -0.669. The van der Waals surface area contributed by atoms with Crippen molar-refractivity contribution in [3.63, 3.8) is 0 Å². The quantitative estimate of drug-likeness (QED) is 0.296. The fourth-order valence-corrected chi connectivity index (χ4v) is 3.94. The van der Waals surface area contributed by atoms with Crippen LogP contribution in [-0.2, 0) is 14.4 Å². The molecule has 2 atom stereocenters. The van der Waals surface area contributed by atoms with E-state index in [1.807, 2.05) is 0 Å². The molecule has 10 heteroatoms. The van der Waals surface area contributed by atoms with Crippen molar-refractivity contribution in [3.8, 4) is 0 Å². The van der Waals surface area contributed by atoms with Gasteiger partial charge in [0.15, 0.2) is 0 Å². The number of carbonyl (C=O) groups is 3. The molecule has 0 aromatic carbocycles. The van der Waals surface area contributed by atoms with Crippen LogP contribution in [0.25, 0.3) is 0 Å². The van der Waals surface area contributed by atoms with Crippen molar-refractivity contribution in [2.45, 2.75) is 44.6 Å². The highest BCUT2D eigenvalue weighted by atomic mass is 16.5. The average Bonchev–Trinajstić information content (AvgIpc) is 3.42. The summed E-state index contributed by atoms with van der Waals surface area (Å²) in [6.45, 7) is 0.415. The Morgan fingerprint density at radius 1 is 1.41 bits per heavy atom. The highest BCUT2D eigenvalue weighted by Crippen LogP contribution is 2.31. The minimum Gasteiger partial charge on any atom is -0.331 e. The molecule has 2 fully saturated rings. The lowest BCUT2D eigenvalue weighted by molar-refractivity contribution is -0.159. The number of nitrogens with zero attached hydrogens (tertiary/aromatic N) is 3. The van der Waals surface area contributed by atoms with E-state index >= 15 is 0 Å². The van der Waals surface area contributed by atoms with E-state index in [1.54, 1.807) is 6.20 Å². The van der Waals surface area contributed by atoms with Gasteiger partial charge in [0.05, 0.1) is 12.5 Å². The molecule has 4 N–H and O–H groups in total. The van der Waals surface area contributed by atoms with Gasteiger partial charge >= 0.3 is 0 Å². The molecule has 3 amide bonds. The summed E-state index contributed by atoms with van der Waals surface area (Å²) < 4.78 is 0. The molecule has 0 radical (unpaired) electrons. The molecule has 1 aliphatic heterocycles. The van der Waals surface area contributed by atoms with Crippen LogP contribution in [0.2, 0.25) is 0 Å². The SMILES string of the molecule is O=CN(O)CC(CC1CCCC1)C(=O)N1NCCC1C(=O)Nc1ncc[nH]1. The summed E-state index contributed by atoms with van der Waals surface area (Å²) in [6, 6.07) is -0.669. The highest BCUT2D eigenvalue weighted by molar-refractivity contribution is 5.96. The largest absolute Gasteiger partial charge is 0.331 e. The number of H-pyrrole nitrogens is 1. The van der Waals surface area contributed by atoms with Crippen LogP contribution >= 0.6 is 0 Å². The van der Waals surface area contributed by atoms with Crippen molar-refractivity contribution >= 4 is 24.2 Å². The summed E-state index contributed by atoms with van der Waals surface area (Å²) >= 11 is 0. The lowest BCUT2D eigenvalue weighted by Crippen LogP contribution is -2.51. The second-order valence-corrected chi connectivity index (χ2v) is 7.16. The van der Waals surface area contributed by atoms with Crippen LogP contribution in [-0.4, -0.2) is 62.6 Å². The molecule has 1 saturated carbocycles. The van der Waals surface area contributed by atoms with Gasteiger partial charge in [0.25, 0.3) is 5.91 Å². The Balaban J connectivity index is 1.68. The van der Waals surface area contributed by atoms with Gasteiger partial charge in [-0.15, -0.1) is 0 Å². The van der Waals surface area contributed by atoms with E-state index in [4.69, 9.17) is 0 Å². The highest BCUT2D eigenvalue weighted by Gasteiger charge is 2.39. The van der Waals surface area contributed by atoms with E-state index in [0.717, 1.165) is 25.7 Å². The van der Waals surface area contributed by atoms with Crippen molar-refractivity contribution in [3.05, 3.63) is 12.4 Å². The molecule has 0 spiro atoms. The van der Waals surface area contributed by atoms with Crippen LogP contribution in [0.1, 0.15) is 38.5 Å². The number of hydrogen-bond acceptors (Lipinski definition) is 6. The van der Waals surface area contributed by atoms with E-state index in [-0.39, 0.29) is 18.4 Å². The Kier molecular flexibility index (Phi) is 6.40. The zero-order valence-electron chi connectivity index (χ0n) is 15.1. The number of nitrogens with one attached hydrogen (secondary N) is 3. The number of aromatic amines is 1. The van der Waals surface area contributed by atoms with Gasteiger partial charge in [0.1, 0.15) is 6.04 Å². The summed E-state index contributed by atoms with van der Waals surface area (Å²) in [4.78, 5) is 43.2. The molecule has 1 saturated heterocycles. The van der Waals surface area contributed by atoms with Gasteiger partial charge in [-0.3, -0.25) is 29.9 Å². The minimum absolute atomic E-state index is 0.0798. The third-order valence-electron chi connectivity index (χ3n) is 5.26. The summed E-state index contributed by atoms with van der Waals surface area (Å²) in [7, 11) is 0. The van der Waals surface area contributed by atoms with Crippen molar-refractivity contribution in [1.29, 1.82) is 0 Å². The second-order valence-electron chi connectivity index (χ2n) is 7.16. The fourth-order valence-electron chi connectivity index (χ4n) is 3.94. The molecule has 1 aromatic rings. The number of hydroxylamine groups is 2. The first-order valence-electron chi connectivity index (χ1n) is 9.36. The topological polar surface area (TPSA) is 131 Å². The van der Waals surface area contributed by atoms with E-state index in [9.17, 15) is 19.6 Å². The van der Waals surface area contributed by atoms with Gasteiger partial charge in [-0.25, -0.2) is 15.5 Å². The van der Waals surface area contributed by atoms with Crippen molar-refractivity contribution < 1.29 is 19.6 Å². The number of carbonyl (C=O) groups excluding carboxylic acids is 3. The monoisotopic (exact) mass is 378 g/mol. The van der Waals surface area contributed by atoms with E-state index in [1.165, 1.54) is 11.2 Å². The van der Waals surface area contributed by atoms with Crippen LogP contribution in [0.4, 0.5) is 5.95 Å². The summed E-state index contributed by atoms with van der Waals surface area (Å²) in [5, 5.41) is 14.1. The number of imidazole rings is 1. The summed E-state index contributed by atoms with van der Waals surface area (Å²) in [5.74, 6) is -0.451. The van der Waals surface area contributed by atoms with Gasteiger partial charge in [-0.1, -0.05) is 25.7 Å². The van der Waals surface area contributed by atoms with E-state index in [0.29, 0.717) is 42.7 Å². The number of hydrogen-bond donors (Lipinski definition) is 4. The van der Waals surface area contributed by atoms with Crippen molar-refractivity contribution in [2.75, 3.05) is 18.4 Å². The van der Waals surface area contributed by atoms with Gasteiger partial charge in [0.2, 0.25) is 18.3 Å². The van der Waals surface area contributed by atoms with Crippen LogP contribution in [0.5, 0.6) is 0 Å². The third-order valence-corrected chi connectivity index (χ3v) is 5.26. The molecule has 2 unspecified atom stereocenters. The van der Waals surface area contributed by atoms with E-state index < -0.39 is 12.0 Å². The van der Waals surface area contributed by atoms with Crippen LogP contribution in [0.15, 0.2) is 12.4 Å². The van der Waals surface area contributed by atoms with E-state index in [2.05, 4.69) is 20.7 Å². The Bertz CT molecular complexity index is 646. The maximum Gasteiger partial charge on any atom is 0.251 e. The predicted octanol–water partition coefficient (Wildman–Crippen LogP) is 0.498. The normalized spacial score (nSPS) is 21.2.